The van der Waals surface area contributed by atoms with Gasteiger partial charge in [-0.05, 0) is 37.1 Å². The lowest BCUT2D eigenvalue weighted by molar-refractivity contribution is -0.384. The molecule has 1 aromatic heterocycles. The van der Waals surface area contributed by atoms with Crippen LogP contribution in [0.25, 0.3) is 21.7 Å². The number of thiazole rings is 1. The van der Waals surface area contributed by atoms with Crippen molar-refractivity contribution in [2.75, 3.05) is 5.73 Å². The molecule has 0 amide bonds. The second kappa shape index (κ2) is 5.81. The van der Waals surface area contributed by atoms with Gasteiger partial charge in [0, 0.05) is 17.7 Å². The number of hydrogen-bond acceptors (Lipinski definition) is 5. The number of nitro groups is 1. The highest BCUT2D eigenvalue weighted by Gasteiger charge is 2.16. The molecule has 6 heteroatoms. The van der Waals surface area contributed by atoms with E-state index in [4.69, 9.17) is 5.73 Å². The lowest BCUT2D eigenvalue weighted by Gasteiger charge is -2.07. The molecule has 0 aliphatic carbocycles. The minimum atomic E-state index is -0.407. The molecule has 0 aliphatic rings. The monoisotopic (exact) mass is 325 g/mol. The molecule has 3 aromatic rings. The van der Waals surface area contributed by atoms with Crippen molar-refractivity contribution >= 4 is 22.2 Å². The van der Waals surface area contributed by atoms with E-state index in [1.807, 2.05) is 26.0 Å². The lowest BCUT2D eigenvalue weighted by atomic mass is 10.0. The SMILES string of the molecule is Cc1ccc(-c2nc(N)sc2-c2ccc([N+](=O)[O-])cc2)c(C)c1. The largest absolute Gasteiger partial charge is 0.375 e. The molecule has 0 atom stereocenters. The summed E-state index contributed by atoms with van der Waals surface area (Å²) in [5, 5.41) is 11.3. The van der Waals surface area contributed by atoms with Crippen LogP contribution in [0.1, 0.15) is 11.1 Å². The molecule has 2 aromatic carbocycles. The second-order valence-corrected chi connectivity index (χ2v) is 6.38. The molecule has 3 rings (SSSR count). The first-order chi connectivity index (χ1) is 11.0. The molecular weight excluding hydrogens is 310 g/mol. The van der Waals surface area contributed by atoms with Crippen LogP contribution in [0.5, 0.6) is 0 Å². The number of nitro benzene ring substituents is 1. The predicted octanol–water partition coefficient (Wildman–Crippen LogP) is 4.58. The number of benzene rings is 2. The number of non-ortho nitro benzene ring substituents is 1. The Morgan fingerprint density at radius 1 is 1.13 bits per heavy atom. The Morgan fingerprint density at radius 2 is 1.83 bits per heavy atom. The number of nitrogen functional groups attached to an aromatic ring is 1. The van der Waals surface area contributed by atoms with Crippen LogP contribution in [-0.4, -0.2) is 9.91 Å². The smallest absolute Gasteiger partial charge is 0.269 e. The minimum Gasteiger partial charge on any atom is -0.375 e. The Labute approximate surface area is 137 Å². The Morgan fingerprint density at radius 3 is 2.43 bits per heavy atom. The van der Waals surface area contributed by atoms with Gasteiger partial charge in [0.25, 0.3) is 5.69 Å². The first-order valence-electron chi connectivity index (χ1n) is 7.04. The normalized spacial score (nSPS) is 10.7. The van der Waals surface area contributed by atoms with Gasteiger partial charge in [0.05, 0.1) is 15.5 Å². The van der Waals surface area contributed by atoms with Crippen LogP contribution in [0.15, 0.2) is 42.5 Å². The van der Waals surface area contributed by atoms with Crippen LogP contribution in [0.2, 0.25) is 0 Å². The van der Waals surface area contributed by atoms with E-state index >= 15 is 0 Å². The summed E-state index contributed by atoms with van der Waals surface area (Å²) in [4.78, 5) is 15.8. The zero-order valence-corrected chi connectivity index (χ0v) is 13.6. The molecule has 0 saturated carbocycles. The first kappa shape index (κ1) is 15.2. The molecule has 5 nitrogen and oxygen atoms in total. The number of nitrogens with two attached hydrogens (primary N) is 1. The topological polar surface area (TPSA) is 82.0 Å². The minimum absolute atomic E-state index is 0.0688. The van der Waals surface area contributed by atoms with E-state index in [0.717, 1.165) is 27.3 Å². The standard InChI is InChI=1S/C17H15N3O2S/c1-10-3-8-14(11(2)9-10)15-16(23-17(18)19-15)12-4-6-13(7-5-12)20(21)22/h3-9H,1-2H3,(H2,18,19). The zero-order chi connectivity index (χ0) is 16.6. The van der Waals surface area contributed by atoms with Crippen molar-refractivity contribution in [2.24, 2.45) is 0 Å². The summed E-state index contributed by atoms with van der Waals surface area (Å²) in [5.41, 5.74) is 11.0. The fraction of sp³-hybridized carbons (Fsp3) is 0.118. The maximum Gasteiger partial charge on any atom is 0.269 e. The molecule has 2 N–H and O–H groups in total. The number of aryl methyl sites for hydroxylation is 2. The third-order valence-corrected chi connectivity index (χ3v) is 4.55. The molecule has 0 bridgehead atoms. The third kappa shape index (κ3) is 2.93. The fourth-order valence-corrected chi connectivity index (χ4v) is 3.38. The van der Waals surface area contributed by atoms with Crippen molar-refractivity contribution in [3.63, 3.8) is 0 Å². The Kier molecular flexibility index (Phi) is 3.83. The van der Waals surface area contributed by atoms with Crippen LogP contribution < -0.4 is 5.73 Å². The average Bonchev–Trinajstić information content (AvgIpc) is 2.89. The van der Waals surface area contributed by atoms with Gasteiger partial charge in [0.15, 0.2) is 5.13 Å². The Hall–Kier alpha value is -2.73. The van der Waals surface area contributed by atoms with Crippen molar-refractivity contribution in [1.82, 2.24) is 4.98 Å². The number of nitrogens with zero attached hydrogens (tertiary/aromatic N) is 2. The molecular formula is C17H15N3O2S. The van der Waals surface area contributed by atoms with E-state index in [2.05, 4.69) is 11.1 Å². The summed E-state index contributed by atoms with van der Waals surface area (Å²) in [7, 11) is 0. The lowest BCUT2D eigenvalue weighted by Crippen LogP contribution is -1.89. The van der Waals surface area contributed by atoms with E-state index in [-0.39, 0.29) is 5.69 Å². The van der Waals surface area contributed by atoms with E-state index in [0.29, 0.717) is 5.13 Å². The number of rotatable bonds is 3. The Balaban J connectivity index is 2.12. The molecule has 116 valence electrons. The third-order valence-electron chi connectivity index (χ3n) is 3.62. The fourth-order valence-electron chi connectivity index (χ4n) is 2.53. The summed E-state index contributed by atoms with van der Waals surface area (Å²) in [6.45, 7) is 4.08. The van der Waals surface area contributed by atoms with E-state index in [9.17, 15) is 10.1 Å². The van der Waals surface area contributed by atoms with Crippen LogP contribution in [-0.2, 0) is 0 Å². The maximum absolute atomic E-state index is 10.8. The van der Waals surface area contributed by atoms with Gasteiger partial charge in [-0.15, -0.1) is 0 Å². The van der Waals surface area contributed by atoms with Crippen LogP contribution in [0.4, 0.5) is 10.8 Å². The summed E-state index contributed by atoms with van der Waals surface area (Å²) in [6, 6.07) is 12.6. The van der Waals surface area contributed by atoms with Gasteiger partial charge in [-0.2, -0.15) is 0 Å². The molecule has 1 heterocycles. The van der Waals surface area contributed by atoms with Crippen molar-refractivity contribution in [3.05, 3.63) is 63.7 Å². The molecule has 0 radical (unpaired) electrons. The summed E-state index contributed by atoms with van der Waals surface area (Å²) >= 11 is 1.39. The summed E-state index contributed by atoms with van der Waals surface area (Å²) in [6.07, 6.45) is 0. The quantitative estimate of drug-likeness (QED) is 0.564. The van der Waals surface area contributed by atoms with Crippen molar-refractivity contribution < 1.29 is 4.92 Å². The van der Waals surface area contributed by atoms with E-state index < -0.39 is 4.92 Å². The molecule has 0 unspecified atom stereocenters. The van der Waals surface area contributed by atoms with Gasteiger partial charge in [-0.1, -0.05) is 35.1 Å². The highest BCUT2D eigenvalue weighted by molar-refractivity contribution is 7.19. The van der Waals surface area contributed by atoms with Gasteiger partial charge >= 0.3 is 0 Å². The number of hydrogen-bond donors (Lipinski definition) is 1. The Bertz CT molecular complexity index is 885. The van der Waals surface area contributed by atoms with E-state index in [1.165, 1.54) is 29.0 Å². The van der Waals surface area contributed by atoms with Crippen molar-refractivity contribution in [3.8, 4) is 21.7 Å². The van der Waals surface area contributed by atoms with Crippen molar-refractivity contribution in [2.45, 2.75) is 13.8 Å². The molecule has 0 spiro atoms. The van der Waals surface area contributed by atoms with Gasteiger partial charge in [-0.3, -0.25) is 10.1 Å². The second-order valence-electron chi connectivity index (χ2n) is 5.35. The zero-order valence-electron chi connectivity index (χ0n) is 12.7. The molecule has 0 aliphatic heterocycles. The van der Waals surface area contributed by atoms with Crippen LogP contribution in [0.3, 0.4) is 0 Å². The average molecular weight is 325 g/mol. The summed E-state index contributed by atoms with van der Waals surface area (Å²) < 4.78 is 0. The van der Waals surface area contributed by atoms with Gasteiger partial charge in [-0.25, -0.2) is 4.98 Å². The molecule has 0 saturated heterocycles. The molecule has 23 heavy (non-hydrogen) atoms. The van der Waals surface area contributed by atoms with Gasteiger partial charge in [0.2, 0.25) is 0 Å². The van der Waals surface area contributed by atoms with Gasteiger partial charge in [0.1, 0.15) is 0 Å². The maximum atomic E-state index is 10.8. The van der Waals surface area contributed by atoms with E-state index in [1.54, 1.807) is 12.1 Å². The molecule has 0 fully saturated rings. The van der Waals surface area contributed by atoms with Gasteiger partial charge < -0.3 is 5.73 Å². The van der Waals surface area contributed by atoms with Crippen LogP contribution >= 0.6 is 11.3 Å². The highest BCUT2D eigenvalue weighted by atomic mass is 32.1. The highest BCUT2D eigenvalue weighted by Crippen LogP contribution is 2.39. The number of aromatic nitrogens is 1. The summed E-state index contributed by atoms with van der Waals surface area (Å²) in [5.74, 6) is 0. The van der Waals surface area contributed by atoms with Crippen molar-refractivity contribution in [1.29, 1.82) is 0 Å². The number of anilines is 1. The predicted molar refractivity (Wildman–Crippen MR) is 93.5 cm³/mol. The first-order valence-corrected chi connectivity index (χ1v) is 7.86. The van der Waals surface area contributed by atoms with Crippen LogP contribution in [0, 0.1) is 24.0 Å².